The van der Waals surface area contributed by atoms with Crippen LogP contribution in [0.5, 0.6) is 0 Å². The summed E-state index contributed by atoms with van der Waals surface area (Å²) in [6.45, 7) is 9.20. The van der Waals surface area contributed by atoms with Crippen LogP contribution in [-0.4, -0.2) is 30.4 Å². The molecule has 1 N–H and O–H groups in total. The first-order valence-electron chi connectivity index (χ1n) is 6.86. The Bertz CT molecular complexity index is 499. The smallest absolute Gasteiger partial charge is 0.249 e. The van der Waals surface area contributed by atoms with E-state index in [0.717, 1.165) is 25.2 Å². The summed E-state index contributed by atoms with van der Waals surface area (Å²) in [5.74, 6) is 0.167. The first-order valence-corrected chi connectivity index (χ1v) is 6.86. The molecule has 102 valence electrons. The lowest BCUT2D eigenvalue weighted by Crippen LogP contribution is -2.39. The molecule has 0 aliphatic carbocycles. The van der Waals surface area contributed by atoms with Crippen LogP contribution in [0, 0.1) is 6.92 Å². The molecular weight excluding hydrogens is 236 g/mol. The number of likely N-dealkylation sites (N-methyl/N-ethyl adjacent to an activating group) is 1. The molecule has 0 unspecified atom stereocenters. The van der Waals surface area contributed by atoms with Gasteiger partial charge in [-0.1, -0.05) is 29.8 Å². The van der Waals surface area contributed by atoms with E-state index in [-0.39, 0.29) is 5.91 Å². The van der Waals surface area contributed by atoms with E-state index in [1.54, 1.807) is 0 Å². The van der Waals surface area contributed by atoms with Crippen LogP contribution in [0.2, 0.25) is 0 Å². The van der Waals surface area contributed by atoms with Crippen LogP contribution >= 0.6 is 0 Å². The second-order valence-electron chi connectivity index (χ2n) is 5.14. The zero-order chi connectivity index (χ0) is 13.8. The molecule has 3 heteroatoms. The van der Waals surface area contributed by atoms with E-state index in [2.05, 4.69) is 30.4 Å². The monoisotopic (exact) mass is 258 g/mol. The maximum atomic E-state index is 12.4. The van der Waals surface area contributed by atoms with Gasteiger partial charge in [-0.25, -0.2) is 0 Å². The van der Waals surface area contributed by atoms with E-state index in [0.29, 0.717) is 6.54 Å². The first kappa shape index (κ1) is 13.8. The summed E-state index contributed by atoms with van der Waals surface area (Å²) >= 11 is 0. The lowest BCUT2D eigenvalue weighted by Gasteiger charge is -2.26. The molecule has 1 amide bonds. The van der Waals surface area contributed by atoms with E-state index in [4.69, 9.17) is 0 Å². The van der Waals surface area contributed by atoms with E-state index < -0.39 is 0 Å². The fourth-order valence-electron chi connectivity index (χ4n) is 2.26. The van der Waals surface area contributed by atoms with E-state index in [1.807, 2.05) is 24.8 Å². The van der Waals surface area contributed by atoms with Crippen molar-refractivity contribution in [2.24, 2.45) is 0 Å². The van der Waals surface area contributed by atoms with Gasteiger partial charge in [-0.3, -0.25) is 4.79 Å². The van der Waals surface area contributed by atoms with Crippen molar-refractivity contribution in [1.29, 1.82) is 0 Å². The van der Waals surface area contributed by atoms with E-state index >= 15 is 0 Å². The van der Waals surface area contributed by atoms with Crippen LogP contribution in [-0.2, 0) is 11.3 Å². The molecule has 2 rings (SSSR count). The number of hydrogen-bond acceptors (Lipinski definition) is 2. The maximum Gasteiger partial charge on any atom is 0.249 e. The van der Waals surface area contributed by atoms with Crippen molar-refractivity contribution in [1.82, 2.24) is 10.2 Å². The van der Waals surface area contributed by atoms with Crippen LogP contribution in [0.15, 0.2) is 35.4 Å². The highest BCUT2D eigenvalue weighted by Gasteiger charge is 2.20. The summed E-state index contributed by atoms with van der Waals surface area (Å²) in [6, 6.07) is 8.35. The molecule has 1 aliphatic heterocycles. The molecule has 1 aliphatic rings. The summed E-state index contributed by atoms with van der Waals surface area (Å²) in [5.41, 5.74) is 4.58. The lowest BCUT2D eigenvalue weighted by molar-refractivity contribution is -0.127. The Morgan fingerprint density at radius 3 is 2.63 bits per heavy atom. The molecule has 0 atom stereocenters. The molecule has 0 aromatic heterocycles. The van der Waals surface area contributed by atoms with Crippen molar-refractivity contribution in [3.63, 3.8) is 0 Å². The second-order valence-corrected chi connectivity index (χ2v) is 5.14. The molecule has 1 aromatic carbocycles. The van der Waals surface area contributed by atoms with Gasteiger partial charge in [-0.05, 0) is 31.9 Å². The minimum Gasteiger partial charge on any atom is -0.335 e. The molecule has 0 saturated carbocycles. The molecule has 0 bridgehead atoms. The Hall–Kier alpha value is -1.61. The van der Waals surface area contributed by atoms with E-state index in [9.17, 15) is 4.79 Å². The van der Waals surface area contributed by atoms with Crippen molar-refractivity contribution in [3.8, 4) is 0 Å². The summed E-state index contributed by atoms with van der Waals surface area (Å²) in [4.78, 5) is 14.4. The SMILES string of the molecule is CCN(Cc1cccc(C)c1)C(=O)C(C)=C1CNC1. The fourth-order valence-corrected chi connectivity index (χ4v) is 2.26. The number of nitrogens with one attached hydrogen (secondary N) is 1. The molecular formula is C16H22N2O. The van der Waals surface area contributed by atoms with Gasteiger partial charge in [0.1, 0.15) is 0 Å². The third-order valence-electron chi connectivity index (χ3n) is 3.65. The second kappa shape index (κ2) is 6.02. The predicted molar refractivity (Wildman–Crippen MR) is 77.8 cm³/mol. The number of rotatable bonds is 4. The van der Waals surface area contributed by atoms with Crippen molar-refractivity contribution < 1.29 is 4.79 Å². The van der Waals surface area contributed by atoms with Gasteiger partial charge in [0, 0.05) is 31.8 Å². The minimum atomic E-state index is 0.167. The molecule has 1 fully saturated rings. The third kappa shape index (κ3) is 3.24. The van der Waals surface area contributed by atoms with Gasteiger partial charge in [-0.15, -0.1) is 0 Å². The Labute approximate surface area is 115 Å². The van der Waals surface area contributed by atoms with Gasteiger partial charge in [0.15, 0.2) is 0 Å². The summed E-state index contributed by atoms with van der Waals surface area (Å²) in [6.07, 6.45) is 0. The Kier molecular flexibility index (Phi) is 4.38. The number of aryl methyl sites for hydroxylation is 1. The van der Waals surface area contributed by atoms with Crippen LogP contribution in [0.4, 0.5) is 0 Å². The quantitative estimate of drug-likeness (QED) is 0.840. The van der Waals surface area contributed by atoms with Gasteiger partial charge >= 0.3 is 0 Å². The number of benzene rings is 1. The molecule has 0 radical (unpaired) electrons. The zero-order valence-electron chi connectivity index (χ0n) is 12.0. The summed E-state index contributed by atoms with van der Waals surface area (Å²) in [5, 5.41) is 3.18. The zero-order valence-corrected chi connectivity index (χ0v) is 12.0. The summed E-state index contributed by atoms with van der Waals surface area (Å²) in [7, 11) is 0. The molecule has 1 saturated heterocycles. The fraction of sp³-hybridized carbons (Fsp3) is 0.438. The van der Waals surface area contributed by atoms with Gasteiger partial charge in [-0.2, -0.15) is 0 Å². The Balaban J connectivity index is 2.10. The number of carbonyl (C=O) groups is 1. The number of carbonyl (C=O) groups excluding carboxylic acids is 1. The first-order chi connectivity index (χ1) is 9.11. The normalized spacial score (nSPS) is 13.9. The van der Waals surface area contributed by atoms with Crippen molar-refractivity contribution in [2.75, 3.05) is 19.6 Å². The average Bonchev–Trinajstić information content (AvgIpc) is 2.33. The van der Waals surface area contributed by atoms with Crippen molar-refractivity contribution >= 4 is 5.91 Å². The summed E-state index contributed by atoms with van der Waals surface area (Å²) < 4.78 is 0. The lowest BCUT2D eigenvalue weighted by atomic mass is 10.0. The van der Waals surface area contributed by atoms with Crippen LogP contribution in [0.1, 0.15) is 25.0 Å². The largest absolute Gasteiger partial charge is 0.335 e. The number of amides is 1. The van der Waals surface area contributed by atoms with Crippen molar-refractivity contribution in [3.05, 3.63) is 46.5 Å². The van der Waals surface area contributed by atoms with E-state index in [1.165, 1.54) is 16.7 Å². The van der Waals surface area contributed by atoms with Gasteiger partial charge in [0.25, 0.3) is 0 Å². The highest BCUT2D eigenvalue weighted by Crippen LogP contribution is 2.14. The highest BCUT2D eigenvalue weighted by molar-refractivity contribution is 5.94. The van der Waals surface area contributed by atoms with Gasteiger partial charge in [0.2, 0.25) is 5.91 Å². The highest BCUT2D eigenvalue weighted by atomic mass is 16.2. The molecule has 19 heavy (non-hydrogen) atoms. The van der Waals surface area contributed by atoms with Crippen LogP contribution in [0.25, 0.3) is 0 Å². The average molecular weight is 258 g/mol. The predicted octanol–water partition coefficient (Wildman–Crippen LogP) is 2.26. The maximum absolute atomic E-state index is 12.4. The van der Waals surface area contributed by atoms with Gasteiger partial charge < -0.3 is 10.2 Å². The van der Waals surface area contributed by atoms with Crippen LogP contribution < -0.4 is 5.32 Å². The van der Waals surface area contributed by atoms with Gasteiger partial charge in [0.05, 0.1) is 0 Å². The minimum absolute atomic E-state index is 0.167. The number of nitrogens with zero attached hydrogens (tertiary/aromatic N) is 1. The standard InChI is InChI=1S/C16H22N2O/c1-4-18(11-14-7-5-6-12(2)8-14)16(19)13(3)15-9-17-10-15/h5-8,17H,4,9-11H2,1-3H3. The molecule has 1 aromatic rings. The Morgan fingerprint density at radius 2 is 2.11 bits per heavy atom. The topological polar surface area (TPSA) is 32.3 Å². The molecule has 3 nitrogen and oxygen atoms in total. The number of hydrogen-bond donors (Lipinski definition) is 1. The van der Waals surface area contributed by atoms with Crippen molar-refractivity contribution in [2.45, 2.75) is 27.3 Å². The third-order valence-corrected chi connectivity index (χ3v) is 3.65. The van der Waals surface area contributed by atoms with Crippen LogP contribution in [0.3, 0.4) is 0 Å². The molecule has 1 heterocycles. The molecule has 0 spiro atoms. The Morgan fingerprint density at radius 1 is 1.37 bits per heavy atom.